The molecule has 0 aliphatic heterocycles. The topological polar surface area (TPSA) is 67.4 Å². The molecule has 1 aliphatic carbocycles. The van der Waals surface area contributed by atoms with Crippen LogP contribution >= 0.6 is 0 Å². The van der Waals surface area contributed by atoms with Crippen LogP contribution in [0.2, 0.25) is 0 Å². The summed E-state index contributed by atoms with van der Waals surface area (Å²) in [5.74, 6) is 0.381. The Morgan fingerprint density at radius 1 is 1.37 bits per heavy atom. The summed E-state index contributed by atoms with van der Waals surface area (Å²) in [5.41, 5.74) is 0.914. The third-order valence-corrected chi connectivity index (χ3v) is 4.87. The maximum Gasteiger partial charge on any atom is 0.244 e. The van der Waals surface area contributed by atoms with Gasteiger partial charge in [-0.1, -0.05) is 12.5 Å². The first-order valence-electron chi connectivity index (χ1n) is 6.40. The molecular formula is C13H20N2O3S. The molecular weight excluding hydrogens is 264 g/mol. The van der Waals surface area contributed by atoms with Gasteiger partial charge in [-0.15, -0.1) is 0 Å². The molecule has 0 bridgehead atoms. The molecule has 0 radical (unpaired) electrons. The van der Waals surface area contributed by atoms with Crippen LogP contribution in [0.3, 0.4) is 0 Å². The summed E-state index contributed by atoms with van der Waals surface area (Å²) >= 11 is 0. The first-order chi connectivity index (χ1) is 9.06. The number of sulfonamides is 1. The highest BCUT2D eigenvalue weighted by Crippen LogP contribution is 2.27. The van der Waals surface area contributed by atoms with E-state index in [2.05, 4.69) is 10.0 Å². The van der Waals surface area contributed by atoms with Crippen molar-refractivity contribution < 1.29 is 13.2 Å². The molecule has 1 aromatic rings. The van der Waals surface area contributed by atoms with Gasteiger partial charge in [-0.05, 0) is 37.6 Å². The first kappa shape index (κ1) is 14.3. The van der Waals surface area contributed by atoms with E-state index in [0.29, 0.717) is 12.3 Å². The highest BCUT2D eigenvalue weighted by Gasteiger charge is 2.27. The van der Waals surface area contributed by atoms with Crippen LogP contribution in [-0.2, 0) is 16.6 Å². The van der Waals surface area contributed by atoms with Crippen LogP contribution in [0.4, 0.5) is 0 Å². The second-order valence-corrected chi connectivity index (χ2v) is 6.45. The minimum atomic E-state index is -3.51. The van der Waals surface area contributed by atoms with Crippen molar-refractivity contribution >= 4 is 10.0 Å². The van der Waals surface area contributed by atoms with E-state index in [9.17, 15) is 8.42 Å². The number of rotatable bonds is 6. The zero-order chi connectivity index (χ0) is 13.9. The third kappa shape index (κ3) is 3.26. The SMILES string of the molecule is CNCc1ccc(OC)c(S(=O)(=O)NC2CCC2)c1. The van der Waals surface area contributed by atoms with E-state index in [0.717, 1.165) is 24.8 Å². The van der Waals surface area contributed by atoms with E-state index in [1.165, 1.54) is 7.11 Å². The fourth-order valence-electron chi connectivity index (χ4n) is 2.05. The lowest BCUT2D eigenvalue weighted by Crippen LogP contribution is -2.39. The molecule has 0 heterocycles. The predicted octanol–water partition coefficient (Wildman–Crippen LogP) is 1.25. The molecule has 5 nitrogen and oxygen atoms in total. The van der Waals surface area contributed by atoms with Crippen LogP contribution < -0.4 is 14.8 Å². The molecule has 0 amide bonds. The largest absolute Gasteiger partial charge is 0.495 e. The van der Waals surface area contributed by atoms with Crippen molar-refractivity contribution in [2.75, 3.05) is 14.2 Å². The van der Waals surface area contributed by atoms with Crippen LogP contribution in [0, 0.1) is 0 Å². The van der Waals surface area contributed by atoms with Crippen molar-refractivity contribution in [3.63, 3.8) is 0 Å². The Hall–Kier alpha value is -1.11. The number of methoxy groups -OCH3 is 1. The Morgan fingerprint density at radius 2 is 2.11 bits per heavy atom. The minimum absolute atomic E-state index is 0.0719. The average Bonchev–Trinajstić information content (AvgIpc) is 2.34. The lowest BCUT2D eigenvalue weighted by molar-refractivity contribution is 0.379. The molecule has 0 aromatic heterocycles. The van der Waals surface area contributed by atoms with Gasteiger partial charge in [0, 0.05) is 12.6 Å². The Bertz CT molecular complexity index is 539. The maximum atomic E-state index is 12.4. The zero-order valence-electron chi connectivity index (χ0n) is 11.3. The summed E-state index contributed by atoms with van der Waals surface area (Å²) in [4.78, 5) is 0.217. The minimum Gasteiger partial charge on any atom is -0.495 e. The second kappa shape index (κ2) is 5.90. The van der Waals surface area contributed by atoms with Gasteiger partial charge in [0.05, 0.1) is 7.11 Å². The Balaban J connectivity index is 2.31. The smallest absolute Gasteiger partial charge is 0.244 e. The van der Waals surface area contributed by atoms with Gasteiger partial charge in [-0.2, -0.15) is 0 Å². The first-order valence-corrected chi connectivity index (χ1v) is 7.89. The Labute approximate surface area is 114 Å². The molecule has 19 heavy (non-hydrogen) atoms. The van der Waals surface area contributed by atoms with Crippen molar-refractivity contribution in [3.8, 4) is 5.75 Å². The molecule has 1 aliphatic rings. The van der Waals surface area contributed by atoms with Crippen LogP contribution in [-0.4, -0.2) is 28.6 Å². The van der Waals surface area contributed by atoms with Gasteiger partial charge in [0.2, 0.25) is 10.0 Å². The summed E-state index contributed by atoms with van der Waals surface area (Å²) in [6, 6.07) is 5.29. The highest BCUT2D eigenvalue weighted by molar-refractivity contribution is 7.89. The van der Waals surface area contributed by atoms with E-state index in [1.54, 1.807) is 12.1 Å². The monoisotopic (exact) mass is 284 g/mol. The number of benzene rings is 1. The van der Waals surface area contributed by atoms with Crippen molar-refractivity contribution in [1.82, 2.24) is 10.0 Å². The van der Waals surface area contributed by atoms with Gasteiger partial charge in [-0.3, -0.25) is 0 Å². The fraction of sp³-hybridized carbons (Fsp3) is 0.538. The normalized spacial score (nSPS) is 16.1. The fourth-order valence-corrected chi connectivity index (χ4v) is 3.58. The zero-order valence-corrected chi connectivity index (χ0v) is 12.1. The summed E-state index contributed by atoms with van der Waals surface area (Å²) in [7, 11) is -0.201. The van der Waals surface area contributed by atoms with E-state index in [1.807, 2.05) is 13.1 Å². The van der Waals surface area contributed by atoms with Crippen LogP contribution in [0.25, 0.3) is 0 Å². The molecule has 0 unspecified atom stereocenters. The molecule has 106 valence electrons. The van der Waals surface area contributed by atoms with Gasteiger partial charge in [0.1, 0.15) is 10.6 Å². The molecule has 1 aromatic carbocycles. The number of hydrogen-bond acceptors (Lipinski definition) is 4. The summed E-state index contributed by atoms with van der Waals surface area (Å²) in [5, 5.41) is 3.01. The molecule has 0 spiro atoms. The highest BCUT2D eigenvalue weighted by atomic mass is 32.2. The summed E-state index contributed by atoms with van der Waals surface area (Å²) < 4.78 is 32.6. The number of ether oxygens (including phenoxy) is 1. The summed E-state index contributed by atoms with van der Waals surface area (Å²) in [6.07, 6.45) is 2.92. The quantitative estimate of drug-likeness (QED) is 0.825. The predicted molar refractivity (Wildman–Crippen MR) is 73.7 cm³/mol. The van der Waals surface area contributed by atoms with Gasteiger partial charge < -0.3 is 10.1 Å². The van der Waals surface area contributed by atoms with Gasteiger partial charge >= 0.3 is 0 Å². The van der Waals surface area contributed by atoms with E-state index < -0.39 is 10.0 Å². The van der Waals surface area contributed by atoms with Crippen LogP contribution in [0.1, 0.15) is 24.8 Å². The lowest BCUT2D eigenvalue weighted by atomic mass is 9.94. The molecule has 1 saturated carbocycles. The average molecular weight is 284 g/mol. The van der Waals surface area contributed by atoms with Crippen LogP contribution in [0.15, 0.2) is 23.1 Å². The van der Waals surface area contributed by atoms with Crippen LogP contribution in [0.5, 0.6) is 5.75 Å². The number of nitrogens with one attached hydrogen (secondary N) is 2. The van der Waals surface area contributed by atoms with E-state index in [-0.39, 0.29) is 10.9 Å². The molecule has 1 fully saturated rings. The van der Waals surface area contributed by atoms with E-state index >= 15 is 0 Å². The van der Waals surface area contributed by atoms with Gasteiger partial charge in [0.25, 0.3) is 0 Å². The van der Waals surface area contributed by atoms with E-state index in [4.69, 9.17) is 4.74 Å². The van der Waals surface area contributed by atoms with Crippen molar-refractivity contribution in [1.29, 1.82) is 0 Å². The standard InChI is InChI=1S/C13H20N2O3S/c1-14-9-10-6-7-12(18-2)13(8-10)19(16,17)15-11-4-3-5-11/h6-8,11,14-15H,3-5,9H2,1-2H3. The molecule has 2 rings (SSSR count). The maximum absolute atomic E-state index is 12.4. The number of hydrogen-bond donors (Lipinski definition) is 2. The third-order valence-electron chi connectivity index (χ3n) is 3.33. The molecule has 2 N–H and O–H groups in total. The molecule has 0 saturated heterocycles. The van der Waals surface area contributed by atoms with Crippen molar-refractivity contribution in [3.05, 3.63) is 23.8 Å². The summed E-state index contributed by atoms with van der Waals surface area (Å²) in [6.45, 7) is 0.621. The lowest BCUT2D eigenvalue weighted by Gasteiger charge is -2.26. The molecule has 0 atom stereocenters. The Kier molecular flexibility index (Phi) is 4.44. The second-order valence-electron chi connectivity index (χ2n) is 4.76. The van der Waals surface area contributed by atoms with Crippen molar-refractivity contribution in [2.24, 2.45) is 0 Å². The van der Waals surface area contributed by atoms with Gasteiger partial charge in [0.15, 0.2) is 0 Å². The molecule has 6 heteroatoms. The Morgan fingerprint density at radius 3 is 2.63 bits per heavy atom. The van der Waals surface area contributed by atoms with Crippen molar-refractivity contribution in [2.45, 2.75) is 36.7 Å². The van der Waals surface area contributed by atoms with Gasteiger partial charge in [-0.25, -0.2) is 13.1 Å².